The van der Waals surface area contributed by atoms with Crippen molar-refractivity contribution in [2.45, 2.75) is 57.9 Å². The van der Waals surface area contributed by atoms with Crippen LogP contribution in [0, 0.1) is 23.2 Å². The highest BCUT2D eigenvalue weighted by molar-refractivity contribution is 6.01. The summed E-state index contributed by atoms with van der Waals surface area (Å²) in [5.74, 6) is 3.64. The van der Waals surface area contributed by atoms with Crippen LogP contribution < -0.4 is 16.0 Å². The maximum Gasteiger partial charge on any atom is 0.224 e. The zero-order valence-corrected chi connectivity index (χ0v) is 20.4. The van der Waals surface area contributed by atoms with E-state index in [0.29, 0.717) is 6.42 Å². The predicted octanol–water partition coefficient (Wildman–Crippen LogP) is 5.96. The van der Waals surface area contributed by atoms with Crippen molar-refractivity contribution < 1.29 is 9.21 Å². The first-order chi connectivity index (χ1) is 17.1. The molecule has 1 amide bonds. The fraction of sp³-hybridized carbons (Fsp3) is 0.517. The van der Waals surface area contributed by atoms with Crippen molar-refractivity contribution in [1.29, 1.82) is 0 Å². The second-order valence-corrected chi connectivity index (χ2v) is 11.3. The Hall–Kier alpha value is -2.86. The summed E-state index contributed by atoms with van der Waals surface area (Å²) in [6.07, 6.45) is 13.2. The van der Waals surface area contributed by atoms with Gasteiger partial charge in [0.1, 0.15) is 5.82 Å². The Bertz CT molecular complexity index is 1140. The second-order valence-electron chi connectivity index (χ2n) is 11.3. The van der Waals surface area contributed by atoms with E-state index in [1.807, 2.05) is 30.3 Å². The third-order valence-corrected chi connectivity index (χ3v) is 8.45. The van der Waals surface area contributed by atoms with Crippen molar-refractivity contribution in [2.75, 3.05) is 23.7 Å². The molecule has 6 nitrogen and oxygen atoms in total. The summed E-state index contributed by atoms with van der Waals surface area (Å²) in [7, 11) is 0. The number of rotatable bonds is 10. The van der Waals surface area contributed by atoms with E-state index < -0.39 is 0 Å². The van der Waals surface area contributed by atoms with Gasteiger partial charge in [0.05, 0.1) is 23.7 Å². The van der Waals surface area contributed by atoms with Gasteiger partial charge < -0.3 is 20.4 Å². The van der Waals surface area contributed by atoms with Crippen molar-refractivity contribution in [3.8, 4) is 0 Å². The van der Waals surface area contributed by atoms with E-state index in [1.165, 1.54) is 38.5 Å². The largest absolute Gasteiger partial charge is 0.472 e. The van der Waals surface area contributed by atoms with Crippen LogP contribution in [0.3, 0.4) is 0 Å². The fourth-order valence-electron chi connectivity index (χ4n) is 7.46. The Kier molecular flexibility index (Phi) is 6.23. The molecule has 0 atom stereocenters. The molecular formula is C29H36N4O2. The minimum absolute atomic E-state index is 0.171. The number of carbonyl (C=O) groups is 1. The first kappa shape index (κ1) is 22.6. The predicted molar refractivity (Wildman–Crippen MR) is 139 cm³/mol. The molecule has 0 spiro atoms. The van der Waals surface area contributed by atoms with Gasteiger partial charge in [0, 0.05) is 30.5 Å². The number of hydrogen-bond acceptors (Lipinski definition) is 5. The molecule has 3 aromatic rings. The van der Waals surface area contributed by atoms with E-state index in [0.717, 1.165) is 71.8 Å². The number of fused-ring (bicyclic) bond motifs is 1. The van der Waals surface area contributed by atoms with Crippen LogP contribution in [0.2, 0.25) is 0 Å². The Labute approximate surface area is 207 Å². The number of pyridine rings is 1. The van der Waals surface area contributed by atoms with Crippen LogP contribution in [0.1, 0.15) is 56.9 Å². The van der Waals surface area contributed by atoms with Crippen molar-refractivity contribution in [3.63, 3.8) is 0 Å². The quantitative estimate of drug-likeness (QED) is 0.317. The Morgan fingerprint density at radius 2 is 1.80 bits per heavy atom. The minimum atomic E-state index is 0.171. The van der Waals surface area contributed by atoms with Crippen LogP contribution in [0.5, 0.6) is 0 Å². The SMILES string of the molecule is O=C(CC12CC3CC(CC(C3)C1)C2)Nc1cccc2nc(NCCCNCc3ccoc3)ccc12. The van der Waals surface area contributed by atoms with E-state index in [9.17, 15) is 4.79 Å². The number of anilines is 2. The summed E-state index contributed by atoms with van der Waals surface area (Å²) in [5, 5.41) is 11.1. The fourth-order valence-corrected chi connectivity index (χ4v) is 7.46. The van der Waals surface area contributed by atoms with E-state index in [4.69, 9.17) is 9.40 Å². The van der Waals surface area contributed by atoms with Gasteiger partial charge in [0.15, 0.2) is 0 Å². The molecule has 6 heteroatoms. The van der Waals surface area contributed by atoms with Crippen LogP contribution in [-0.4, -0.2) is 24.0 Å². The molecule has 35 heavy (non-hydrogen) atoms. The molecule has 3 N–H and O–H groups in total. The molecule has 4 aliphatic rings. The van der Waals surface area contributed by atoms with E-state index >= 15 is 0 Å². The minimum Gasteiger partial charge on any atom is -0.472 e. The van der Waals surface area contributed by atoms with E-state index in [2.05, 4.69) is 22.0 Å². The number of benzene rings is 1. The molecule has 2 aromatic heterocycles. The summed E-state index contributed by atoms with van der Waals surface area (Å²) in [6.45, 7) is 2.59. The van der Waals surface area contributed by atoms with Gasteiger partial charge in [-0.3, -0.25) is 4.79 Å². The Morgan fingerprint density at radius 1 is 1.00 bits per heavy atom. The smallest absolute Gasteiger partial charge is 0.224 e. The van der Waals surface area contributed by atoms with Gasteiger partial charge in [0.25, 0.3) is 0 Å². The van der Waals surface area contributed by atoms with Crippen LogP contribution in [0.4, 0.5) is 11.5 Å². The zero-order valence-electron chi connectivity index (χ0n) is 20.4. The average Bonchev–Trinajstić information content (AvgIpc) is 3.34. The van der Waals surface area contributed by atoms with Crippen LogP contribution >= 0.6 is 0 Å². The van der Waals surface area contributed by atoms with Crippen LogP contribution in [0.25, 0.3) is 10.9 Å². The standard InChI is InChI=1S/C29H36N4O2/c34-28(17-29-14-21-11-22(15-29)13-23(12-21)16-29)33-26-4-1-3-25-24(26)5-6-27(32-25)31-9-2-8-30-18-20-7-10-35-19-20/h1,3-7,10,19,21-23,30H,2,8-9,11-18H2,(H,31,32)(H,33,34). The topological polar surface area (TPSA) is 79.2 Å². The van der Waals surface area contributed by atoms with Crippen molar-refractivity contribution in [1.82, 2.24) is 10.3 Å². The number of furan rings is 1. The highest BCUT2D eigenvalue weighted by atomic mass is 16.3. The normalized spacial score (nSPS) is 26.8. The summed E-state index contributed by atoms with van der Waals surface area (Å²) in [6, 6.07) is 12.1. The van der Waals surface area contributed by atoms with Crippen LogP contribution in [-0.2, 0) is 11.3 Å². The molecule has 4 aliphatic carbocycles. The van der Waals surface area contributed by atoms with E-state index in [1.54, 1.807) is 12.5 Å². The lowest BCUT2D eigenvalue weighted by Crippen LogP contribution is -2.47. The van der Waals surface area contributed by atoms with Crippen LogP contribution in [0.15, 0.2) is 53.3 Å². The maximum atomic E-state index is 13.2. The lowest BCUT2D eigenvalue weighted by atomic mass is 9.49. The molecular weight excluding hydrogens is 436 g/mol. The van der Waals surface area contributed by atoms with Crippen molar-refractivity contribution in [3.05, 3.63) is 54.5 Å². The molecule has 184 valence electrons. The Morgan fingerprint density at radius 3 is 2.54 bits per heavy atom. The molecule has 0 radical (unpaired) electrons. The van der Waals surface area contributed by atoms with Gasteiger partial charge in [-0.2, -0.15) is 0 Å². The molecule has 7 rings (SSSR count). The van der Waals surface area contributed by atoms with Crippen molar-refractivity contribution >= 4 is 28.3 Å². The van der Waals surface area contributed by atoms with Gasteiger partial charge in [0.2, 0.25) is 5.91 Å². The lowest BCUT2D eigenvalue weighted by molar-refractivity contribution is -0.124. The third kappa shape index (κ3) is 5.08. The molecule has 1 aromatic carbocycles. The molecule has 2 heterocycles. The van der Waals surface area contributed by atoms with Crippen molar-refractivity contribution in [2.24, 2.45) is 23.2 Å². The summed E-state index contributed by atoms with van der Waals surface area (Å²) in [4.78, 5) is 17.9. The molecule has 0 saturated heterocycles. The second kappa shape index (κ2) is 9.65. The first-order valence-electron chi connectivity index (χ1n) is 13.3. The number of nitrogens with one attached hydrogen (secondary N) is 3. The monoisotopic (exact) mass is 472 g/mol. The number of carbonyl (C=O) groups excluding carboxylic acids is 1. The van der Waals surface area contributed by atoms with Gasteiger partial charge in [-0.25, -0.2) is 4.98 Å². The summed E-state index contributed by atoms with van der Waals surface area (Å²) >= 11 is 0. The first-order valence-corrected chi connectivity index (χ1v) is 13.3. The van der Waals surface area contributed by atoms with Gasteiger partial charge in [-0.15, -0.1) is 0 Å². The molecule has 0 unspecified atom stereocenters. The highest BCUT2D eigenvalue weighted by Gasteiger charge is 2.51. The number of amides is 1. The zero-order chi connectivity index (χ0) is 23.7. The van der Waals surface area contributed by atoms with Gasteiger partial charge in [-0.1, -0.05) is 6.07 Å². The lowest BCUT2D eigenvalue weighted by Gasteiger charge is -2.56. The third-order valence-electron chi connectivity index (χ3n) is 8.45. The molecule has 4 fully saturated rings. The number of aromatic nitrogens is 1. The number of nitrogens with zero attached hydrogens (tertiary/aromatic N) is 1. The molecule has 4 bridgehead atoms. The Balaban J connectivity index is 1.03. The molecule has 0 aliphatic heterocycles. The maximum absolute atomic E-state index is 13.2. The summed E-state index contributed by atoms with van der Waals surface area (Å²) in [5.41, 5.74) is 3.20. The van der Waals surface area contributed by atoms with E-state index in [-0.39, 0.29) is 11.3 Å². The highest BCUT2D eigenvalue weighted by Crippen LogP contribution is 2.61. The average molecular weight is 473 g/mol. The van der Waals surface area contributed by atoms with Gasteiger partial charge in [-0.05, 0) is 105 Å². The summed E-state index contributed by atoms with van der Waals surface area (Å²) < 4.78 is 5.09. The number of hydrogen-bond donors (Lipinski definition) is 3. The molecule has 4 saturated carbocycles. The van der Waals surface area contributed by atoms with Gasteiger partial charge >= 0.3 is 0 Å².